The van der Waals surface area contributed by atoms with Gasteiger partial charge in [-0.25, -0.2) is 4.98 Å². The number of carbonyl (C=O) groups is 1. The lowest BCUT2D eigenvalue weighted by molar-refractivity contribution is -0.114. The van der Waals surface area contributed by atoms with Crippen molar-refractivity contribution < 1.29 is 4.79 Å². The topological polar surface area (TPSA) is 63.1 Å². The van der Waals surface area contributed by atoms with Crippen LogP contribution < -0.4 is 5.32 Å². The number of hydrogen-bond acceptors (Lipinski definition) is 5. The summed E-state index contributed by atoms with van der Waals surface area (Å²) in [6.45, 7) is 3.04. The van der Waals surface area contributed by atoms with Gasteiger partial charge in [0.05, 0.1) is 11.9 Å². The highest BCUT2D eigenvalue weighted by atomic mass is 32.1. The first-order valence-corrected chi connectivity index (χ1v) is 6.79. The van der Waals surface area contributed by atoms with E-state index in [1.165, 1.54) is 23.8 Å². The zero-order valence-electron chi connectivity index (χ0n) is 11.3. The molecule has 7 heteroatoms. The lowest BCUT2D eigenvalue weighted by Gasteiger charge is -2.13. The van der Waals surface area contributed by atoms with Crippen molar-refractivity contribution in [2.45, 2.75) is 20.0 Å². The number of amides is 1. The van der Waals surface area contributed by atoms with Crippen molar-refractivity contribution in [3.63, 3.8) is 0 Å². The Morgan fingerprint density at radius 1 is 1.53 bits per heavy atom. The molecule has 0 saturated heterocycles. The molecule has 2 aromatic heterocycles. The Kier molecular flexibility index (Phi) is 4.28. The number of nitrogens with zero attached hydrogens (tertiary/aromatic N) is 4. The van der Waals surface area contributed by atoms with Crippen LogP contribution in [0.25, 0.3) is 0 Å². The van der Waals surface area contributed by atoms with Gasteiger partial charge in [0.1, 0.15) is 0 Å². The Morgan fingerprint density at radius 2 is 2.32 bits per heavy atom. The molecule has 2 heterocycles. The van der Waals surface area contributed by atoms with Crippen LogP contribution in [0.1, 0.15) is 18.2 Å². The zero-order valence-corrected chi connectivity index (χ0v) is 12.1. The van der Waals surface area contributed by atoms with E-state index in [2.05, 4.69) is 20.3 Å². The van der Waals surface area contributed by atoms with Gasteiger partial charge >= 0.3 is 0 Å². The summed E-state index contributed by atoms with van der Waals surface area (Å²) in [6, 6.07) is 0. The molecule has 1 amide bonds. The smallest absolute Gasteiger partial charge is 0.223 e. The van der Waals surface area contributed by atoms with Gasteiger partial charge in [0.25, 0.3) is 0 Å². The minimum absolute atomic E-state index is 0.0929. The average Bonchev–Trinajstić information content (AvgIpc) is 2.88. The molecule has 19 heavy (non-hydrogen) atoms. The van der Waals surface area contributed by atoms with Crippen LogP contribution >= 0.6 is 11.3 Å². The second-order valence-electron chi connectivity index (χ2n) is 4.52. The van der Waals surface area contributed by atoms with E-state index in [4.69, 9.17) is 0 Å². The minimum atomic E-state index is -0.0929. The maximum absolute atomic E-state index is 10.9. The van der Waals surface area contributed by atoms with Crippen molar-refractivity contribution >= 4 is 22.4 Å². The number of anilines is 1. The Hall–Kier alpha value is -1.73. The van der Waals surface area contributed by atoms with E-state index in [0.29, 0.717) is 5.13 Å². The molecule has 2 rings (SSSR count). The van der Waals surface area contributed by atoms with Crippen molar-refractivity contribution in [1.82, 2.24) is 19.7 Å². The van der Waals surface area contributed by atoms with Gasteiger partial charge in [-0.1, -0.05) is 0 Å². The van der Waals surface area contributed by atoms with E-state index >= 15 is 0 Å². The SMILES string of the molecule is CC(=O)Nc1nc(CN(C)Cc2cnn(C)c2)cs1. The predicted molar refractivity (Wildman–Crippen MR) is 74.8 cm³/mol. The first kappa shape index (κ1) is 13.7. The molecule has 0 spiro atoms. The van der Waals surface area contributed by atoms with Gasteiger partial charge in [0, 0.05) is 44.2 Å². The summed E-state index contributed by atoms with van der Waals surface area (Å²) in [7, 11) is 3.94. The fourth-order valence-corrected chi connectivity index (χ4v) is 2.53. The third kappa shape index (κ3) is 4.15. The summed E-state index contributed by atoms with van der Waals surface area (Å²) < 4.78 is 1.79. The van der Waals surface area contributed by atoms with Gasteiger partial charge < -0.3 is 5.32 Å². The minimum Gasteiger partial charge on any atom is -0.302 e. The molecule has 0 fully saturated rings. The molecule has 2 aromatic rings. The molecule has 0 unspecified atom stereocenters. The second kappa shape index (κ2) is 5.94. The summed E-state index contributed by atoms with van der Waals surface area (Å²) >= 11 is 1.44. The summed E-state index contributed by atoms with van der Waals surface area (Å²) in [5.74, 6) is -0.0929. The normalized spacial score (nSPS) is 10.9. The number of nitrogens with one attached hydrogen (secondary N) is 1. The highest BCUT2D eigenvalue weighted by Crippen LogP contribution is 2.16. The predicted octanol–water partition coefficient (Wildman–Crippen LogP) is 1.47. The summed E-state index contributed by atoms with van der Waals surface area (Å²) in [4.78, 5) is 17.4. The Bertz CT molecular complexity index is 562. The van der Waals surface area contributed by atoms with E-state index < -0.39 is 0 Å². The van der Waals surface area contributed by atoms with Crippen molar-refractivity contribution in [2.75, 3.05) is 12.4 Å². The Morgan fingerprint density at radius 3 is 2.95 bits per heavy atom. The van der Waals surface area contributed by atoms with E-state index in [0.717, 1.165) is 18.8 Å². The number of aryl methyl sites for hydroxylation is 1. The Labute approximate surface area is 116 Å². The fraction of sp³-hybridized carbons (Fsp3) is 0.417. The first-order chi connectivity index (χ1) is 9.02. The van der Waals surface area contributed by atoms with Crippen LogP contribution in [0, 0.1) is 0 Å². The van der Waals surface area contributed by atoms with E-state index in [1.807, 2.05) is 31.9 Å². The van der Waals surface area contributed by atoms with Crippen LogP contribution in [0.5, 0.6) is 0 Å². The zero-order chi connectivity index (χ0) is 13.8. The van der Waals surface area contributed by atoms with E-state index in [9.17, 15) is 4.79 Å². The molecular formula is C12H17N5OS. The molecule has 102 valence electrons. The molecule has 0 radical (unpaired) electrons. The summed E-state index contributed by atoms with van der Waals surface area (Å²) in [5, 5.41) is 9.44. The number of thiazole rings is 1. The summed E-state index contributed by atoms with van der Waals surface area (Å²) in [6.07, 6.45) is 3.86. The molecule has 6 nitrogen and oxygen atoms in total. The molecule has 1 N–H and O–H groups in total. The third-order valence-corrected chi connectivity index (χ3v) is 3.28. The molecule has 0 aliphatic rings. The highest BCUT2D eigenvalue weighted by Gasteiger charge is 2.07. The standard InChI is InChI=1S/C12H17N5OS/c1-9(18)14-12-15-11(8-19-12)7-16(2)5-10-4-13-17(3)6-10/h4,6,8H,5,7H2,1-3H3,(H,14,15,18). The van der Waals surface area contributed by atoms with Crippen molar-refractivity contribution in [3.8, 4) is 0 Å². The number of hydrogen-bond donors (Lipinski definition) is 1. The van der Waals surface area contributed by atoms with Crippen LogP contribution in [0.4, 0.5) is 5.13 Å². The number of rotatable bonds is 5. The monoisotopic (exact) mass is 279 g/mol. The molecule has 0 atom stereocenters. The van der Waals surface area contributed by atoms with Crippen LogP contribution in [-0.4, -0.2) is 32.6 Å². The number of carbonyl (C=O) groups excluding carboxylic acids is 1. The van der Waals surface area contributed by atoms with Crippen molar-refractivity contribution in [2.24, 2.45) is 7.05 Å². The van der Waals surface area contributed by atoms with Gasteiger partial charge in [-0.15, -0.1) is 11.3 Å². The molecule has 0 aliphatic heterocycles. The van der Waals surface area contributed by atoms with Gasteiger partial charge in [-0.2, -0.15) is 5.10 Å². The van der Waals surface area contributed by atoms with Crippen molar-refractivity contribution in [1.29, 1.82) is 0 Å². The van der Waals surface area contributed by atoms with Crippen LogP contribution in [-0.2, 0) is 24.9 Å². The second-order valence-corrected chi connectivity index (χ2v) is 5.38. The molecule has 0 saturated carbocycles. The van der Waals surface area contributed by atoms with Gasteiger partial charge in [-0.3, -0.25) is 14.4 Å². The van der Waals surface area contributed by atoms with Gasteiger partial charge in [0.2, 0.25) is 5.91 Å². The van der Waals surface area contributed by atoms with Crippen molar-refractivity contribution in [3.05, 3.63) is 29.0 Å². The fourth-order valence-electron chi connectivity index (χ4n) is 1.79. The molecular weight excluding hydrogens is 262 g/mol. The maximum atomic E-state index is 10.9. The van der Waals surface area contributed by atoms with Gasteiger partial charge in [0.15, 0.2) is 5.13 Å². The van der Waals surface area contributed by atoms with Gasteiger partial charge in [-0.05, 0) is 7.05 Å². The maximum Gasteiger partial charge on any atom is 0.223 e. The van der Waals surface area contributed by atoms with Crippen LogP contribution in [0.3, 0.4) is 0 Å². The third-order valence-electron chi connectivity index (χ3n) is 2.48. The lowest BCUT2D eigenvalue weighted by Crippen LogP contribution is -2.17. The van der Waals surface area contributed by atoms with Crippen LogP contribution in [0.15, 0.2) is 17.8 Å². The number of aromatic nitrogens is 3. The lowest BCUT2D eigenvalue weighted by atomic mass is 10.3. The van der Waals surface area contributed by atoms with E-state index in [1.54, 1.807) is 4.68 Å². The largest absolute Gasteiger partial charge is 0.302 e. The molecule has 0 bridgehead atoms. The Balaban J connectivity index is 1.89. The average molecular weight is 279 g/mol. The summed E-state index contributed by atoms with van der Waals surface area (Å²) in [5.41, 5.74) is 2.13. The first-order valence-electron chi connectivity index (χ1n) is 5.91. The van der Waals surface area contributed by atoms with Crippen LogP contribution in [0.2, 0.25) is 0 Å². The molecule has 0 aromatic carbocycles. The highest BCUT2D eigenvalue weighted by molar-refractivity contribution is 7.13. The van der Waals surface area contributed by atoms with E-state index in [-0.39, 0.29) is 5.91 Å². The molecule has 0 aliphatic carbocycles. The quantitative estimate of drug-likeness (QED) is 0.900.